The second-order valence-corrected chi connectivity index (χ2v) is 7.73. The van der Waals surface area contributed by atoms with Crippen molar-refractivity contribution in [3.8, 4) is 16.3 Å². The van der Waals surface area contributed by atoms with Gasteiger partial charge in [-0.2, -0.15) is 0 Å². The molecule has 3 aromatic rings. The smallest absolute Gasteiger partial charge is 0.404 e. The minimum absolute atomic E-state index is 0.0384. The zero-order valence-electron chi connectivity index (χ0n) is 15.7. The summed E-state index contributed by atoms with van der Waals surface area (Å²) in [5.41, 5.74) is 0.419. The number of hydrogen-bond acceptors (Lipinski definition) is 6. The van der Waals surface area contributed by atoms with Crippen LogP contribution >= 0.6 is 22.9 Å². The maximum absolute atomic E-state index is 12.7. The van der Waals surface area contributed by atoms with Gasteiger partial charge in [0.1, 0.15) is 10.4 Å². The lowest BCUT2D eigenvalue weighted by molar-refractivity contribution is -0.274. The predicted octanol–water partition coefficient (Wildman–Crippen LogP) is 4.92. The number of nitrogens with zero attached hydrogens (tertiary/aromatic N) is 2. The van der Waals surface area contributed by atoms with Crippen molar-refractivity contribution in [3.05, 3.63) is 54.1 Å². The van der Waals surface area contributed by atoms with Crippen LogP contribution < -0.4 is 15.4 Å². The Morgan fingerprint density at radius 3 is 2.45 bits per heavy atom. The summed E-state index contributed by atoms with van der Waals surface area (Å²) in [6.45, 7) is 1.34. The Morgan fingerprint density at radius 2 is 1.81 bits per heavy atom. The van der Waals surface area contributed by atoms with Gasteiger partial charge >= 0.3 is 6.36 Å². The Morgan fingerprint density at radius 1 is 1.10 bits per heavy atom. The summed E-state index contributed by atoms with van der Waals surface area (Å²) in [5.74, 6) is -2.11. The van der Waals surface area contributed by atoms with E-state index in [9.17, 15) is 22.8 Å². The van der Waals surface area contributed by atoms with Crippen LogP contribution in [-0.4, -0.2) is 33.8 Å². The molecule has 0 saturated carbocycles. The van der Waals surface area contributed by atoms with Crippen molar-refractivity contribution in [2.45, 2.75) is 18.7 Å². The van der Waals surface area contributed by atoms with Gasteiger partial charge in [-0.3, -0.25) is 14.9 Å². The van der Waals surface area contributed by atoms with Gasteiger partial charge in [-0.15, -0.1) is 35.0 Å². The van der Waals surface area contributed by atoms with Gasteiger partial charge in [0.15, 0.2) is 5.75 Å². The minimum Gasteiger partial charge on any atom is -0.404 e. The van der Waals surface area contributed by atoms with Crippen molar-refractivity contribution in [2.24, 2.45) is 0 Å². The second kappa shape index (κ2) is 9.31. The number of ether oxygens (including phenoxy) is 1. The average Bonchev–Trinajstić information content (AvgIpc) is 3.17. The molecule has 1 heterocycles. The lowest BCUT2D eigenvalue weighted by Gasteiger charge is -2.15. The van der Waals surface area contributed by atoms with Crippen LogP contribution in [0.25, 0.3) is 10.6 Å². The Kier molecular flexibility index (Phi) is 6.76. The van der Waals surface area contributed by atoms with Crippen molar-refractivity contribution in [1.82, 2.24) is 10.2 Å². The number of amides is 2. The molecule has 0 aliphatic heterocycles. The van der Waals surface area contributed by atoms with Gasteiger partial charge in [0, 0.05) is 11.1 Å². The third-order valence-electron chi connectivity index (χ3n) is 3.75. The third-order valence-corrected chi connectivity index (χ3v) is 4.84. The topological polar surface area (TPSA) is 93.2 Å². The first-order valence-corrected chi connectivity index (χ1v) is 9.92. The number of rotatable bonds is 6. The predicted molar refractivity (Wildman–Crippen MR) is 110 cm³/mol. The van der Waals surface area contributed by atoms with E-state index in [1.807, 2.05) is 30.3 Å². The molecule has 2 aromatic carbocycles. The van der Waals surface area contributed by atoms with Crippen LogP contribution in [0.5, 0.6) is 5.75 Å². The zero-order valence-corrected chi connectivity index (χ0v) is 17.3. The van der Waals surface area contributed by atoms with Crippen LogP contribution in [0.15, 0.2) is 48.5 Å². The molecule has 2 N–H and O–H groups in total. The first-order valence-electron chi connectivity index (χ1n) is 8.67. The zero-order chi connectivity index (χ0) is 22.6. The molecular weight excluding hydrogens is 457 g/mol. The molecule has 0 aliphatic rings. The Bertz CT molecular complexity index is 1090. The van der Waals surface area contributed by atoms with Crippen LogP contribution in [-0.2, 0) is 4.79 Å². The van der Waals surface area contributed by atoms with E-state index in [2.05, 4.69) is 25.6 Å². The van der Waals surface area contributed by atoms with Crippen LogP contribution in [0.3, 0.4) is 0 Å². The van der Waals surface area contributed by atoms with Crippen molar-refractivity contribution in [3.63, 3.8) is 0 Å². The van der Waals surface area contributed by atoms with E-state index in [0.717, 1.165) is 35.1 Å². The fourth-order valence-electron chi connectivity index (χ4n) is 2.36. The summed E-state index contributed by atoms with van der Waals surface area (Å²) in [5, 5.41) is 12.4. The van der Waals surface area contributed by atoms with Gasteiger partial charge in [-0.25, -0.2) is 0 Å². The van der Waals surface area contributed by atoms with Gasteiger partial charge in [0.25, 0.3) is 5.91 Å². The molecule has 31 heavy (non-hydrogen) atoms. The van der Waals surface area contributed by atoms with Gasteiger partial charge < -0.3 is 10.1 Å². The lowest BCUT2D eigenvalue weighted by atomic mass is 10.1. The average molecular weight is 471 g/mol. The quantitative estimate of drug-likeness (QED) is 0.499. The summed E-state index contributed by atoms with van der Waals surface area (Å²) in [4.78, 5) is 24.4. The van der Waals surface area contributed by atoms with E-state index in [4.69, 9.17) is 11.6 Å². The highest BCUT2D eigenvalue weighted by Crippen LogP contribution is 2.32. The standard InChI is InChI=1S/C19H14ClF3N4O3S/c1-10(20)15(28)24-13-9-12(7-8-14(13)30-19(21,22)23)16(29)25-18-27-26-17(31-18)11-5-3-2-4-6-11/h2-10H,1H3,(H,24,28)(H,25,27,29). The van der Waals surface area contributed by atoms with E-state index < -0.39 is 29.3 Å². The van der Waals surface area contributed by atoms with Gasteiger partial charge in [0.2, 0.25) is 11.0 Å². The molecule has 1 atom stereocenters. The van der Waals surface area contributed by atoms with E-state index in [-0.39, 0.29) is 16.4 Å². The second-order valence-electron chi connectivity index (χ2n) is 6.10. The molecule has 0 aliphatic carbocycles. The highest BCUT2D eigenvalue weighted by atomic mass is 35.5. The Balaban J connectivity index is 1.82. The first-order chi connectivity index (χ1) is 14.6. The summed E-state index contributed by atoms with van der Waals surface area (Å²) >= 11 is 6.78. The SMILES string of the molecule is CC(Cl)C(=O)Nc1cc(C(=O)Nc2nnc(-c3ccccc3)s2)ccc1OC(F)(F)F. The van der Waals surface area contributed by atoms with E-state index in [1.54, 1.807) is 0 Å². The van der Waals surface area contributed by atoms with Crippen LogP contribution in [0.1, 0.15) is 17.3 Å². The van der Waals surface area contributed by atoms with Gasteiger partial charge in [0.05, 0.1) is 5.69 Å². The summed E-state index contributed by atoms with van der Waals surface area (Å²) in [6, 6.07) is 12.3. The van der Waals surface area contributed by atoms with Crippen LogP contribution in [0.4, 0.5) is 24.0 Å². The van der Waals surface area contributed by atoms with Crippen molar-refractivity contribution in [1.29, 1.82) is 0 Å². The number of anilines is 2. The van der Waals surface area contributed by atoms with Crippen molar-refractivity contribution < 1.29 is 27.5 Å². The molecule has 1 unspecified atom stereocenters. The monoisotopic (exact) mass is 470 g/mol. The van der Waals surface area contributed by atoms with E-state index in [0.29, 0.717) is 5.01 Å². The lowest BCUT2D eigenvalue weighted by Crippen LogP contribution is -2.23. The number of nitrogens with one attached hydrogen (secondary N) is 2. The number of carbonyl (C=O) groups is 2. The first kappa shape index (κ1) is 22.5. The molecule has 0 bridgehead atoms. The Hall–Kier alpha value is -3.18. The highest BCUT2D eigenvalue weighted by Gasteiger charge is 2.32. The molecule has 1 aromatic heterocycles. The normalized spacial score (nSPS) is 12.2. The number of alkyl halides is 4. The van der Waals surface area contributed by atoms with E-state index in [1.165, 1.54) is 6.92 Å². The Labute approximate surface area is 183 Å². The fraction of sp³-hybridized carbons (Fsp3) is 0.158. The van der Waals surface area contributed by atoms with Crippen molar-refractivity contribution >= 4 is 45.6 Å². The van der Waals surface area contributed by atoms with Crippen LogP contribution in [0.2, 0.25) is 0 Å². The molecule has 0 radical (unpaired) electrons. The van der Waals surface area contributed by atoms with E-state index >= 15 is 0 Å². The summed E-state index contributed by atoms with van der Waals surface area (Å²) < 4.78 is 41.9. The number of benzene rings is 2. The highest BCUT2D eigenvalue weighted by molar-refractivity contribution is 7.18. The molecule has 2 amide bonds. The molecule has 162 valence electrons. The minimum atomic E-state index is -4.99. The number of halogens is 4. The van der Waals surface area contributed by atoms with Gasteiger partial charge in [-0.05, 0) is 25.1 Å². The summed E-state index contributed by atoms with van der Waals surface area (Å²) in [7, 11) is 0. The molecule has 0 spiro atoms. The number of aromatic nitrogens is 2. The largest absolute Gasteiger partial charge is 0.573 e. The van der Waals surface area contributed by atoms with Gasteiger partial charge in [-0.1, -0.05) is 41.7 Å². The summed E-state index contributed by atoms with van der Waals surface area (Å²) in [6.07, 6.45) is -4.99. The number of hydrogen-bond donors (Lipinski definition) is 2. The molecule has 0 fully saturated rings. The molecule has 0 saturated heterocycles. The number of carbonyl (C=O) groups excluding carboxylic acids is 2. The van der Waals surface area contributed by atoms with Crippen LogP contribution in [0, 0.1) is 0 Å². The molecule has 7 nitrogen and oxygen atoms in total. The third kappa shape index (κ3) is 6.15. The maximum Gasteiger partial charge on any atom is 0.573 e. The molecule has 12 heteroatoms. The fourth-order valence-corrected chi connectivity index (χ4v) is 3.15. The molecule has 3 rings (SSSR count). The maximum atomic E-state index is 12.7. The van der Waals surface area contributed by atoms with Crippen molar-refractivity contribution in [2.75, 3.05) is 10.6 Å². The molecular formula is C19H14ClF3N4O3S.